The largest absolute Gasteiger partial charge is 0.481 e. The summed E-state index contributed by atoms with van der Waals surface area (Å²) >= 11 is 0. The summed E-state index contributed by atoms with van der Waals surface area (Å²) in [5, 5.41) is 9.38. The summed E-state index contributed by atoms with van der Waals surface area (Å²) in [4.78, 5) is 22.9. The topological polar surface area (TPSA) is 63.6 Å². The second kappa shape index (κ2) is 6.03. The lowest BCUT2D eigenvalue weighted by molar-refractivity contribution is -0.150. The lowest BCUT2D eigenvalue weighted by atomic mass is 9.80. The molecule has 1 saturated carbocycles. The summed E-state index contributed by atoms with van der Waals surface area (Å²) in [5.74, 6) is -1.23. The Kier molecular flexibility index (Phi) is 4.97. The predicted molar refractivity (Wildman–Crippen MR) is 63.6 cm³/mol. The van der Waals surface area contributed by atoms with Gasteiger partial charge in [0.1, 0.15) is 0 Å². The smallest absolute Gasteiger partial charge is 0.309 e. The van der Waals surface area contributed by atoms with E-state index in [1.165, 1.54) is 7.11 Å². The van der Waals surface area contributed by atoms with Crippen molar-refractivity contribution in [1.29, 1.82) is 0 Å². The summed E-state index contributed by atoms with van der Waals surface area (Å²) in [6.45, 7) is 2.10. The quantitative estimate of drug-likeness (QED) is 0.574. The highest BCUT2D eigenvalue weighted by atomic mass is 16.5. The van der Waals surface area contributed by atoms with Gasteiger partial charge in [0.15, 0.2) is 0 Å². The highest BCUT2D eigenvalue weighted by Crippen LogP contribution is 2.46. The second-order valence-electron chi connectivity index (χ2n) is 5.01. The first-order valence-corrected chi connectivity index (χ1v) is 6.37. The third-order valence-electron chi connectivity index (χ3n) is 3.86. The molecule has 0 amide bonds. The van der Waals surface area contributed by atoms with Gasteiger partial charge in [-0.15, -0.1) is 0 Å². The van der Waals surface area contributed by atoms with Crippen LogP contribution in [0.25, 0.3) is 0 Å². The van der Waals surface area contributed by atoms with Crippen LogP contribution in [-0.2, 0) is 14.3 Å². The maximum absolute atomic E-state index is 11.4. The molecule has 0 aromatic carbocycles. The van der Waals surface area contributed by atoms with Crippen LogP contribution in [0.2, 0.25) is 0 Å². The molecule has 0 heterocycles. The summed E-state index contributed by atoms with van der Waals surface area (Å²) in [7, 11) is 1.36. The van der Waals surface area contributed by atoms with E-state index in [1.54, 1.807) is 0 Å². The van der Waals surface area contributed by atoms with Gasteiger partial charge < -0.3 is 9.84 Å². The van der Waals surface area contributed by atoms with Crippen molar-refractivity contribution in [2.45, 2.75) is 51.9 Å². The van der Waals surface area contributed by atoms with Gasteiger partial charge in [0.05, 0.1) is 18.4 Å². The summed E-state index contributed by atoms with van der Waals surface area (Å²) in [6, 6.07) is 0. The maximum Gasteiger partial charge on any atom is 0.309 e. The second-order valence-corrected chi connectivity index (χ2v) is 5.01. The number of hydrogen-bond donors (Lipinski definition) is 1. The molecule has 1 aliphatic rings. The number of carboxylic acids is 1. The molecule has 0 saturated heterocycles. The van der Waals surface area contributed by atoms with E-state index >= 15 is 0 Å². The molecule has 0 bridgehead atoms. The highest BCUT2D eigenvalue weighted by molar-refractivity contribution is 5.79. The number of rotatable bonds is 6. The predicted octanol–water partition coefficient (Wildman–Crippen LogP) is 2.61. The van der Waals surface area contributed by atoms with Gasteiger partial charge in [-0.3, -0.25) is 9.59 Å². The third kappa shape index (κ3) is 3.20. The molecule has 4 nitrogen and oxygen atoms in total. The number of carboxylic acid groups (broad SMARTS) is 1. The number of carbonyl (C=O) groups excluding carboxylic acids is 1. The summed E-state index contributed by atoms with van der Waals surface area (Å²) in [5.41, 5.74) is -0.686. The Labute approximate surface area is 102 Å². The fraction of sp³-hybridized carbons (Fsp3) is 0.846. The van der Waals surface area contributed by atoms with Gasteiger partial charge in [-0.25, -0.2) is 0 Å². The van der Waals surface area contributed by atoms with Crippen LogP contribution in [0.3, 0.4) is 0 Å². The van der Waals surface area contributed by atoms with E-state index < -0.39 is 11.4 Å². The first-order chi connectivity index (χ1) is 8.05. The molecule has 17 heavy (non-hydrogen) atoms. The summed E-state index contributed by atoms with van der Waals surface area (Å²) in [6.07, 6.45) is 5.43. The van der Waals surface area contributed by atoms with Crippen LogP contribution >= 0.6 is 0 Å². The normalized spacial score (nSPS) is 28.0. The molecule has 0 aromatic rings. The number of esters is 1. The van der Waals surface area contributed by atoms with Crippen LogP contribution in [0.1, 0.15) is 51.9 Å². The minimum atomic E-state index is -0.750. The van der Waals surface area contributed by atoms with Gasteiger partial charge in [0, 0.05) is 0 Å². The van der Waals surface area contributed by atoms with E-state index in [1.807, 2.05) is 0 Å². The highest BCUT2D eigenvalue weighted by Gasteiger charge is 2.47. The van der Waals surface area contributed by atoms with Crippen LogP contribution < -0.4 is 0 Å². The van der Waals surface area contributed by atoms with Crippen LogP contribution in [0.15, 0.2) is 0 Å². The van der Waals surface area contributed by atoms with Crippen LogP contribution in [0.4, 0.5) is 0 Å². The number of carbonyl (C=O) groups is 2. The van der Waals surface area contributed by atoms with E-state index in [0.29, 0.717) is 25.7 Å². The molecule has 0 aromatic heterocycles. The average molecular weight is 242 g/mol. The molecule has 1 fully saturated rings. The SMILES string of the molecule is CCCCCC1(C(=O)O)CCC(C(=O)OC)C1. The lowest BCUT2D eigenvalue weighted by Crippen LogP contribution is -2.29. The molecular weight excluding hydrogens is 220 g/mol. The average Bonchev–Trinajstić information content (AvgIpc) is 2.74. The Morgan fingerprint density at radius 2 is 2.12 bits per heavy atom. The minimum Gasteiger partial charge on any atom is -0.481 e. The molecule has 1 N–H and O–H groups in total. The first-order valence-electron chi connectivity index (χ1n) is 6.37. The Hall–Kier alpha value is -1.06. The Morgan fingerprint density at radius 1 is 1.41 bits per heavy atom. The molecule has 2 atom stereocenters. The zero-order valence-corrected chi connectivity index (χ0v) is 10.7. The van der Waals surface area contributed by atoms with Gasteiger partial charge in [-0.1, -0.05) is 26.2 Å². The fourth-order valence-corrected chi connectivity index (χ4v) is 2.74. The number of unbranched alkanes of at least 4 members (excludes halogenated alkanes) is 2. The van der Waals surface area contributed by atoms with Crippen molar-refractivity contribution in [2.75, 3.05) is 7.11 Å². The number of hydrogen-bond acceptors (Lipinski definition) is 3. The van der Waals surface area contributed by atoms with E-state index in [2.05, 4.69) is 6.92 Å². The van der Waals surface area contributed by atoms with Crippen LogP contribution in [0.5, 0.6) is 0 Å². The molecule has 0 aliphatic heterocycles. The maximum atomic E-state index is 11.4. The van der Waals surface area contributed by atoms with E-state index in [9.17, 15) is 14.7 Å². The molecule has 1 rings (SSSR count). The minimum absolute atomic E-state index is 0.224. The van der Waals surface area contributed by atoms with Gasteiger partial charge in [0.25, 0.3) is 0 Å². The van der Waals surface area contributed by atoms with Crippen LogP contribution in [0, 0.1) is 11.3 Å². The molecule has 1 aliphatic carbocycles. The van der Waals surface area contributed by atoms with Crippen molar-refractivity contribution in [3.05, 3.63) is 0 Å². The standard InChI is InChI=1S/C13H22O4/c1-3-4-5-7-13(12(15)16)8-6-10(9-13)11(14)17-2/h10H,3-9H2,1-2H3,(H,15,16). The number of aliphatic carboxylic acids is 1. The number of ether oxygens (including phenoxy) is 1. The van der Waals surface area contributed by atoms with Gasteiger partial charge >= 0.3 is 11.9 Å². The van der Waals surface area contributed by atoms with E-state index in [4.69, 9.17) is 4.74 Å². The van der Waals surface area contributed by atoms with Gasteiger partial charge in [-0.05, 0) is 25.7 Å². The Balaban J connectivity index is 2.62. The lowest BCUT2D eigenvalue weighted by Gasteiger charge is -2.24. The van der Waals surface area contributed by atoms with Crippen molar-refractivity contribution in [1.82, 2.24) is 0 Å². The number of methoxy groups -OCH3 is 1. The third-order valence-corrected chi connectivity index (χ3v) is 3.86. The van der Waals surface area contributed by atoms with Crippen molar-refractivity contribution in [3.8, 4) is 0 Å². The van der Waals surface area contributed by atoms with Crippen LogP contribution in [-0.4, -0.2) is 24.2 Å². The molecule has 98 valence electrons. The molecular formula is C13H22O4. The van der Waals surface area contributed by atoms with Gasteiger partial charge in [-0.2, -0.15) is 0 Å². The zero-order valence-electron chi connectivity index (χ0n) is 10.7. The monoisotopic (exact) mass is 242 g/mol. The van der Waals surface area contributed by atoms with E-state index in [0.717, 1.165) is 19.3 Å². The molecule has 0 radical (unpaired) electrons. The van der Waals surface area contributed by atoms with Crippen molar-refractivity contribution < 1.29 is 19.4 Å². The molecule has 4 heteroatoms. The zero-order chi connectivity index (χ0) is 12.9. The van der Waals surface area contributed by atoms with Crippen molar-refractivity contribution in [3.63, 3.8) is 0 Å². The molecule has 0 spiro atoms. The Bertz CT molecular complexity index is 287. The van der Waals surface area contributed by atoms with Crippen molar-refractivity contribution >= 4 is 11.9 Å². The van der Waals surface area contributed by atoms with Gasteiger partial charge in [0.2, 0.25) is 0 Å². The first kappa shape index (κ1) is 14.0. The fourth-order valence-electron chi connectivity index (χ4n) is 2.74. The Morgan fingerprint density at radius 3 is 2.65 bits per heavy atom. The summed E-state index contributed by atoms with van der Waals surface area (Å²) < 4.78 is 4.70. The molecule has 2 unspecified atom stereocenters. The van der Waals surface area contributed by atoms with E-state index in [-0.39, 0.29) is 11.9 Å². The van der Waals surface area contributed by atoms with Crippen molar-refractivity contribution in [2.24, 2.45) is 11.3 Å².